The molecule has 0 aliphatic carbocycles. The standard InChI is InChI=1S/C6H7ClN2O/c1-10-6-5(4-7)2-3-8-9-6/h2-3H,4H2,1H3. The molecule has 1 heterocycles. The number of rotatable bonds is 2. The maximum absolute atomic E-state index is 5.56. The zero-order chi connectivity index (χ0) is 7.40. The number of ether oxygens (including phenoxy) is 1. The van der Waals surface area contributed by atoms with Crippen molar-refractivity contribution in [1.29, 1.82) is 0 Å². The minimum atomic E-state index is 0.401. The Bertz CT molecular complexity index is 194. The molecule has 10 heavy (non-hydrogen) atoms. The van der Waals surface area contributed by atoms with E-state index in [0.717, 1.165) is 5.56 Å². The number of aromatic nitrogens is 2. The van der Waals surface area contributed by atoms with Gasteiger partial charge in [0.15, 0.2) is 0 Å². The second kappa shape index (κ2) is 3.37. The minimum Gasteiger partial charge on any atom is -0.480 e. The summed E-state index contributed by atoms with van der Waals surface area (Å²) in [5, 5.41) is 7.34. The smallest absolute Gasteiger partial charge is 0.237 e. The van der Waals surface area contributed by atoms with Gasteiger partial charge < -0.3 is 4.74 Å². The van der Waals surface area contributed by atoms with Crippen molar-refractivity contribution in [2.75, 3.05) is 7.11 Å². The average molecular weight is 159 g/mol. The van der Waals surface area contributed by atoms with Crippen LogP contribution in [-0.2, 0) is 5.88 Å². The molecule has 0 radical (unpaired) electrons. The van der Waals surface area contributed by atoms with Gasteiger partial charge in [0.2, 0.25) is 5.88 Å². The first-order valence-electron chi connectivity index (χ1n) is 2.79. The van der Waals surface area contributed by atoms with Gasteiger partial charge in [0.05, 0.1) is 19.2 Å². The molecular formula is C6H7ClN2O. The molecule has 1 rings (SSSR count). The summed E-state index contributed by atoms with van der Waals surface area (Å²) in [6.07, 6.45) is 1.58. The molecule has 3 nitrogen and oxygen atoms in total. The average Bonchev–Trinajstić information content (AvgIpc) is 2.04. The van der Waals surface area contributed by atoms with Crippen LogP contribution in [-0.4, -0.2) is 17.3 Å². The van der Waals surface area contributed by atoms with Gasteiger partial charge in [0.1, 0.15) is 0 Å². The van der Waals surface area contributed by atoms with Crippen molar-refractivity contribution in [2.24, 2.45) is 0 Å². The summed E-state index contributed by atoms with van der Waals surface area (Å²) < 4.78 is 4.88. The van der Waals surface area contributed by atoms with Gasteiger partial charge in [0.25, 0.3) is 0 Å². The molecule has 0 aromatic carbocycles. The van der Waals surface area contributed by atoms with Gasteiger partial charge >= 0.3 is 0 Å². The highest BCUT2D eigenvalue weighted by Crippen LogP contribution is 2.13. The highest BCUT2D eigenvalue weighted by atomic mass is 35.5. The second-order valence-electron chi connectivity index (χ2n) is 1.70. The van der Waals surface area contributed by atoms with Gasteiger partial charge in [-0.05, 0) is 6.07 Å². The summed E-state index contributed by atoms with van der Waals surface area (Å²) >= 11 is 5.56. The topological polar surface area (TPSA) is 35.0 Å². The SMILES string of the molecule is COc1nnccc1CCl. The number of halogens is 1. The molecule has 0 saturated carbocycles. The van der Waals surface area contributed by atoms with Gasteiger partial charge in [-0.3, -0.25) is 0 Å². The van der Waals surface area contributed by atoms with Gasteiger partial charge in [-0.15, -0.1) is 16.7 Å². The number of nitrogens with zero attached hydrogens (tertiary/aromatic N) is 2. The van der Waals surface area contributed by atoms with E-state index in [2.05, 4.69) is 10.2 Å². The normalized spacial score (nSPS) is 9.40. The van der Waals surface area contributed by atoms with Crippen LogP contribution >= 0.6 is 11.6 Å². The Morgan fingerprint density at radius 2 is 2.50 bits per heavy atom. The zero-order valence-corrected chi connectivity index (χ0v) is 6.30. The van der Waals surface area contributed by atoms with E-state index in [1.807, 2.05) is 0 Å². The minimum absolute atomic E-state index is 0.401. The Hall–Kier alpha value is -0.830. The summed E-state index contributed by atoms with van der Waals surface area (Å²) in [6, 6.07) is 1.78. The molecule has 0 atom stereocenters. The lowest BCUT2D eigenvalue weighted by atomic mass is 10.3. The molecule has 0 bridgehead atoms. The quantitative estimate of drug-likeness (QED) is 0.608. The van der Waals surface area contributed by atoms with E-state index >= 15 is 0 Å². The lowest BCUT2D eigenvalue weighted by Crippen LogP contribution is -1.93. The molecule has 0 aliphatic heterocycles. The van der Waals surface area contributed by atoms with Crippen molar-refractivity contribution >= 4 is 11.6 Å². The van der Waals surface area contributed by atoms with Crippen molar-refractivity contribution in [2.45, 2.75) is 5.88 Å². The van der Waals surface area contributed by atoms with E-state index in [1.54, 1.807) is 19.4 Å². The Balaban J connectivity index is 2.96. The number of methoxy groups -OCH3 is 1. The Labute approximate surface area is 64.0 Å². The summed E-state index contributed by atoms with van der Waals surface area (Å²) in [5.74, 6) is 0.899. The Kier molecular flexibility index (Phi) is 2.45. The van der Waals surface area contributed by atoms with Crippen LogP contribution in [0.3, 0.4) is 0 Å². The summed E-state index contributed by atoms with van der Waals surface area (Å²) in [5.41, 5.74) is 0.860. The molecule has 0 amide bonds. The second-order valence-corrected chi connectivity index (χ2v) is 1.97. The van der Waals surface area contributed by atoms with E-state index < -0.39 is 0 Å². The lowest BCUT2D eigenvalue weighted by Gasteiger charge is -2.00. The van der Waals surface area contributed by atoms with E-state index in [-0.39, 0.29) is 0 Å². The van der Waals surface area contributed by atoms with E-state index in [4.69, 9.17) is 16.3 Å². The predicted octanol–water partition coefficient (Wildman–Crippen LogP) is 1.22. The van der Waals surface area contributed by atoms with E-state index in [1.165, 1.54) is 0 Å². The molecule has 54 valence electrons. The van der Waals surface area contributed by atoms with Crippen LogP contribution in [0.2, 0.25) is 0 Å². The van der Waals surface area contributed by atoms with Crippen LogP contribution in [0.4, 0.5) is 0 Å². The number of hydrogen-bond acceptors (Lipinski definition) is 3. The van der Waals surface area contributed by atoms with Gasteiger partial charge in [-0.1, -0.05) is 0 Å². The van der Waals surface area contributed by atoms with E-state index in [0.29, 0.717) is 11.8 Å². The van der Waals surface area contributed by atoms with Gasteiger partial charge in [-0.25, -0.2) is 0 Å². The highest BCUT2D eigenvalue weighted by molar-refractivity contribution is 6.17. The first kappa shape index (κ1) is 7.28. The largest absolute Gasteiger partial charge is 0.480 e. The lowest BCUT2D eigenvalue weighted by molar-refractivity contribution is 0.388. The van der Waals surface area contributed by atoms with Crippen LogP contribution in [0, 0.1) is 0 Å². The zero-order valence-electron chi connectivity index (χ0n) is 5.54. The molecule has 0 spiro atoms. The fourth-order valence-electron chi connectivity index (χ4n) is 0.618. The molecule has 0 saturated heterocycles. The number of hydrogen-bond donors (Lipinski definition) is 0. The molecule has 1 aromatic heterocycles. The van der Waals surface area contributed by atoms with Crippen molar-refractivity contribution < 1.29 is 4.74 Å². The highest BCUT2D eigenvalue weighted by Gasteiger charge is 2.00. The fraction of sp³-hybridized carbons (Fsp3) is 0.333. The van der Waals surface area contributed by atoms with Crippen LogP contribution in [0.1, 0.15) is 5.56 Å². The monoisotopic (exact) mass is 158 g/mol. The van der Waals surface area contributed by atoms with Crippen molar-refractivity contribution in [3.8, 4) is 5.88 Å². The maximum Gasteiger partial charge on any atom is 0.237 e. The van der Waals surface area contributed by atoms with Crippen LogP contribution < -0.4 is 4.74 Å². The van der Waals surface area contributed by atoms with Crippen molar-refractivity contribution in [3.63, 3.8) is 0 Å². The summed E-state index contributed by atoms with van der Waals surface area (Å²) in [7, 11) is 1.54. The van der Waals surface area contributed by atoms with Crippen molar-refractivity contribution in [3.05, 3.63) is 17.8 Å². The van der Waals surface area contributed by atoms with Gasteiger partial charge in [-0.2, -0.15) is 5.10 Å². The molecule has 0 unspecified atom stereocenters. The summed E-state index contributed by atoms with van der Waals surface area (Å²) in [6.45, 7) is 0. The van der Waals surface area contributed by atoms with Crippen molar-refractivity contribution in [1.82, 2.24) is 10.2 Å². The first-order chi connectivity index (χ1) is 4.88. The van der Waals surface area contributed by atoms with Gasteiger partial charge in [0, 0.05) is 5.56 Å². The Morgan fingerprint density at radius 1 is 1.70 bits per heavy atom. The molecule has 0 fully saturated rings. The Morgan fingerprint density at radius 3 is 3.00 bits per heavy atom. The third kappa shape index (κ3) is 1.36. The third-order valence-electron chi connectivity index (χ3n) is 1.10. The first-order valence-corrected chi connectivity index (χ1v) is 3.32. The summed E-state index contributed by atoms with van der Waals surface area (Å²) in [4.78, 5) is 0. The molecule has 4 heteroatoms. The fourth-order valence-corrected chi connectivity index (χ4v) is 0.822. The van der Waals surface area contributed by atoms with E-state index in [9.17, 15) is 0 Å². The molecule has 0 aliphatic rings. The molecule has 0 N–H and O–H groups in total. The van der Waals surface area contributed by atoms with Crippen LogP contribution in [0.5, 0.6) is 5.88 Å². The van der Waals surface area contributed by atoms with Crippen LogP contribution in [0.25, 0.3) is 0 Å². The molecular weight excluding hydrogens is 152 g/mol. The molecule has 1 aromatic rings. The van der Waals surface area contributed by atoms with Crippen LogP contribution in [0.15, 0.2) is 12.3 Å². The number of alkyl halides is 1. The predicted molar refractivity (Wildman–Crippen MR) is 38.1 cm³/mol. The maximum atomic E-state index is 5.56. The third-order valence-corrected chi connectivity index (χ3v) is 1.39.